The van der Waals surface area contributed by atoms with Gasteiger partial charge in [-0.1, -0.05) is 18.2 Å². The van der Waals surface area contributed by atoms with E-state index in [1.165, 1.54) is 0 Å². The van der Waals surface area contributed by atoms with Gasteiger partial charge in [0.25, 0.3) is 0 Å². The van der Waals surface area contributed by atoms with Crippen LogP contribution in [-0.2, 0) is 9.53 Å². The Bertz CT molecular complexity index is 517. The van der Waals surface area contributed by atoms with Crippen molar-refractivity contribution in [3.05, 3.63) is 29.8 Å². The lowest BCUT2D eigenvalue weighted by Gasteiger charge is -2.31. The largest absolute Gasteiger partial charge is 0.382 e. The van der Waals surface area contributed by atoms with E-state index >= 15 is 0 Å². The van der Waals surface area contributed by atoms with Crippen molar-refractivity contribution in [3.8, 4) is 0 Å². The molecule has 2 heterocycles. The molecule has 0 aliphatic carbocycles. The van der Waals surface area contributed by atoms with Crippen molar-refractivity contribution in [2.45, 2.75) is 44.8 Å². The Labute approximate surface area is 126 Å². The predicted molar refractivity (Wildman–Crippen MR) is 83.4 cm³/mol. The summed E-state index contributed by atoms with van der Waals surface area (Å²) in [5.74, 6) is 0.549. The van der Waals surface area contributed by atoms with Crippen molar-refractivity contribution in [3.63, 3.8) is 0 Å². The Balaban J connectivity index is 1.67. The fourth-order valence-electron chi connectivity index (χ4n) is 3.38. The minimum Gasteiger partial charge on any atom is -0.382 e. The molecule has 4 nitrogen and oxygen atoms in total. The van der Waals surface area contributed by atoms with E-state index in [-0.39, 0.29) is 17.9 Å². The van der Waals surface area contributed by atoms with Gasteiger partial charge in [-0.3, -0.25) is 4.79 Å². The normalized spacial score (nSPS) is 31.3. The molecule has 1 amide bonds. The molecule has 1 fully saturated rings. The quantitative estimate of drug-likeness (QED) is 0.898. The van der Waals surface area contributed by atoms with E-state index in [1.54, 1.807) is 0 Å². The number of rotatable bonds is 3. The number of carbonyl (C=O) groups is 1. The van der Waals surface area contributed by atoms with Gasteiger partial charge >= 0.3 is 0 Å². The number of fused-ring (bicyclic) bond motifs is 1. The second-order valence-corrected chi connectivity index (χ2v) is 6.29. The van der Waals surface area contributed by atoms with Crippen LogP contribution in [0.25, 0.3) is 0 Å². The Kier molecular flexibility index (Phi) is 4.15. The molecule has 1 saturated heterocycles. The van der Waals surface area contributed by atoms with Crippen LogP contribution in [0.2, 0.25) is 0 Å². The second-order valence-electron chi connectivity index (χ2n) is 6.29. The van der Waals surface area contributed by atoms with Crippen molar-refractivity contribution in [2.24, 2.45) is 5.92 Å². The first-order chi connectivity index (χ1) is 10.1. The van der Waals surface area contributed by atoms with Crippen molar-refractivity contribution < 1.29 is 9.53 Å². The van der Waals surface area contributed by atoms with Gasteiger partial charge in [-0.2, -0.15) is 0 Å². The van der Waals surface area contributed by atoms with Crippen LogP contribution in [-0.4, -0.2) is 31.2 Å². The SMILES string of the molecule is CC1CC(C(=O)NCC2CCOC2C)c2ccccc2N1. The summed E-state index contributed by atoms with van der Waals surface area (Å²) in [5, 5.41) is 6.59. The number of para-hydroxylation sites is 1. The maximum Gasteiger partial charge on any atom is 0.227 e. The molecule has 3 rings (SSSR count). The van der Waals surface area contributed by atoms with Crippen LogP contribution in [0.4, 0.5) is 5.69 Å². The third-order valence-electron chi connectivity index (χ3n) is 4.72. The van der Waals surface area contributed by atoms with Crippen LogP contribution in [0.5, 0.6) is 0 Å². The summed E-state index contributed by atoms with van der Waals surface area (Å²) in [7, 11) is 0. The molecule has 2 N–H and O–H groups in total. The van der Waals surface area contributed by atoms with E-state index in [1.807, 2.05) is 12.1 Å². The Hall–Kier alpha value is -1.55. The van der Waals surface area contributed by atoms with Gasteiger partial charge in [0.05, 0.1) is 12.0 Å². The van der Waals surface area contributed by atoms with Crippen LogP contribution in [0.1, 0.15) is 38.2 Å². The molecule has 114 valence electrons. The van der Waals surface area contributed by atoms with Gasteiger partial charge in [0, 0.05) is 30.8 Å². The molecule has 4 unspecified atom stereocenters. The molecular weight excluding hydrogens is 264 g/mol. The van der Waals surface area contributed by atoms with Gasteiger partial charge in [0.2, 0.25) is 5.91 Å². The molecule has 2 aliphatic rings. The number of hydrogen-bond acceptors (Lipinski definition) is 3. The maximum absolute atomic E-state index is 12.6. The summed E-state index contributed by atoms with van der Waals surface area (Å²) in [6, 6.07) is 8.45. The lowest BCUT2D eigenvalue weighted by Crippen LogP contribution is -2.38. The van der Waals surface area contributed by atoms with E-state index in [0.717, 1.165) is 37.2 Å². The molecule has 0 spiro atoms. The molecule has 21 heavy (non-hydrogen) atoms. The number of benzene rings is 1. The molecular formula is C17H24N2O2. The molecule has 4 atom stereocenters. The van der Waals surface area contributed by atoms with E-state index < -0.39 is 0 Å². The predicted octanol–water partition coefficient (Wildman–Crippen LogP) is 2.52. The van der Waals surface area contributed by atoms with Gasteiger partial charge in [0.15, 0.2) is 0 Å². The summed E-state index contributed by atoms with van der Waals surface area (Å²) < 4.78 is 5.56. The first kappa shape index (κ1) is 14.4. The van der Waals surface area contributed by atoms with E-state index in [0.29, 0.717) is 12.0 Å². The lowest BCUT2D eigenvalue weighted by atomic mass is 9.86. The lowest BCUT2D eigenvalue weighted by molar-refractivity contribution is -0.123. The standard InChI is InChI=1S/C17H24N2O2/c1-11-9-15(14-5-3-4-6-16(14)19-11)17(20)18-10-13-7-8-21-12(13)2/h3-6,11-13,15,19H,7-10H2,1-2H3,(H,18,20). The number of amides is 1. The van der Waals surface area contributed by atoms with Crippen LogP contribution in [0.15, 0.2) is 24.3 Å². The third-order valence-corrected chi connectivity index (χ3v) is 4.72. The van der Waals surface area contributed by atoms with Crippen LogP contribution in [0.3, 0.4) is 0 Å². The highest BCUT2D eigenvalue weighted by Gasteiger charge is 2.31. The Morgan fingerprint density at radius 2 is 2.19 bits per heavy atom. The average Bonchev–Trinajstić information content (AvgIpc) is 2.89. The van der Waals surface area contributed by atoms with Gasteiger partial charge in [-0.05, 0) is 38.3 Å². The van der Waals surface area contributed by atoms with Crippen molar-refractivity contribution in [1.29, 1.82) is 0 Å². The number of ether oxygens (including phenoxy) is 1. The van der Waals surface area contributed by atoms with Gasteiger partial charge in [0.1, 0.15) is 0 Å². The van der Waals surface area contributed by atoms with Crippen LogP contribution in [0, 0.1) is 5.92 Å². The second kappa shape index (κ2) is 6.06. The first-order valence-corrected chi connectivity index (χ1v) is 7.90. The summed E-state index contributed by atoms with van der Waals surface area (Å²) in [6.07, 6.45) is 2.14. The Morgan fingerprint density at radius 3 is 2.95 bits per heavy atom. The van der Waals surface area contributed by atoms with Crippen LogP contribution < -0.4 is 10.6 Å². The van der Waals surface area contributed by atoms with E-state index in [2.05, 4.69) is 36.6 Å². The van der Waals surface area contributed by atoms with Crippen molar-refractivity contribution in [2.75, 3.05) is 18.5 Å². The minimum absolute atomic E-state index is 0.0462. The molecule has 0 bridgehead atoms. The number of nitrogens with one attached hydrogen (secondary N) is 2. The fourth-order valence-corrected chi connectivity index (χ4v) is 3.38. The van der Waals surface area contributed by atoms with Gasteiger partial charge in [-0.25, -0.2) is 0 Å². The highest BCUT2D eigenvalue weighted by atomic mass is 16.5. The van der Waals surface area contributed by atoms with E-state index in [4.69, 9.17) is 4.74 Å². The minimum atomic E-state index is -0.0462. The average molecular weight is 288 g/mol. The smallest absolute Gasteiger partial charge is 0.227 e. The molecule has 2 aliphatic heterocycles. The summed E-state index contributed by atoms with van der Waals surface area (Å²) in [6.45, 7) is 5.75. The van der Waals surface area contributed by atoms with Gasteiger partial charge in [-0.15, -0.1) is 0 Å². The highest BCUT2D eigenvalue weighted by molar-refractivity contribution is 5.86. The monoisotopic (exact) mass is 288 g/mol. The fraction of sp³-hybridized carbons (Fsp3) is 0.588. The molecule has 4 heteroatoms. The third kappa shape index (κ3) is 3.05. The van der Waals surface area contributed by atoms with Crippen molar-refractivity contribution >= 4 is 11.6 Å². The maximum atomic E-state index is 12.6. The highest BCUT2D eigenvalue weighted by Crippen LogP contribution is 2.34. The summed E-state index contributed by atoms with van der Waals surface area (Å²) >= 11 is 0. The molecule has 0 radical (unpaired) electrons. The number of hydrogen-bond donors (Lipinski definition) is 2. The zero-order chi connectivity index (χ0) is 14.8. The topological polar surface area (TPSA) is 50.4 Å². The summed E-state index contributed by atoms with van der Waals surface area (Å²) in [4.78, 5) is 12.6. The molecule has 0 aromatic heterocycles. The molecule has 1 aromatic carbocycles. The zero-order valence-corrected chi connectivity index (χ0v) is 12.8. The molecule has 0 saturated carbocycles. The number of carbonyl (C=O) groups excluding carboxylic acids is 1. The molecule has 1 aromatic rings. The van der Waals surface area contributed by atoms with Gasteiger partial charge < -0.3 is 15.4 Å². The van der Waals surface area contributed by atoms with Crippen molar-refractivity contribution in [1.82, 2.24) is 5.32 Å². The first-order valence-electron chi connectivity index (χ1n) is 7.90. The van der Waals surface area contributed by atoms with Crippen LogP contribution >= 0.6 is 0 Å². The Morgan fingerprint density at radius 1 is 1.38 bits per heavy atom. The summed E-state index contributed by atoms with van der Waals surface area (Å²) in [5.41, 5.74) is 2.21. The zero-order valence-electron chi connectivity index (χ0n) is 12.8. The number of anilines is 1. The van der Waals surface area contributed by atoms with E-state index in [9.17, 15) is 4.79 Å².